The standard InChI is InChI=1S/C44H46ClN7O9S/c45-27-38(56)51(40(34-11-6-26-62-34)42(58)48-22-19-28-7-2-1-3-8-28)30-15-13-29(14-16-30)49-36(54)12-5-21-47-35(53)20-24-61-25-23-46-32-10-4-9-31-39(32)44(60)52(43(31)59)33-17-18-37(55)50-41(33)57/h1-4,6-11,13-16,26,33,40,46H,5,12,17-25,27H2,(H,47,53)(H,48,58)(H,49,54)(H,50,55,57). The van der Waals surface area contributed by atoms with Crippen LogP contribution in [0.4, 0.5) is 17.1 Å². The number of ether oxygens (including phenoxy) is 1. The van der Waals surface area contributed by atoms with Crippen LogP contribution in [0.5, 0.6) is 0 Å². The number of halogens is 1. The number of benzene rings is 3. The highest BCUT2D eigenvalue weighted by molar-refractivity contribution is 7.10. The zero-order valence-corrected chi connectivity index (χ0v) is 35.2. The maximum absolute atomic E-state index is 13.6. The van der Waals surface area contributed by atoms with E-state index in [0.717, 1.165) is 10.5 Å². The van der Waals surface area contributed by atoms with Crippen molar-refractivity contribution in [1.29, 1.82) is 0 Å². The first-order valence-corrected chi connectivity index (χ1v) is 21.5. The van der Waals surface area contributed by atoms with Crippen LogP contribution in [0.25, 0.3) is 0 Å². The van der Waals surface area contributed by atoms with Gasteiger partial charge in [-0.25, -0.2) is 0 Å². The third kappa shape index (κ3) is 11.5. The molecule has 3 heterocycles. The average molecular weight is 884 g/mol. The topological polar surface area (TPSA) is 212 Å². The molecule has 3 aromatic carbocycles. The van der Waals surface area contributed by atoms with E-state index in [1.807, 2.05) is 41.8 Å². The van der Waals surface area contributed by atoms with Crippen LogP contribution in [0.1, 0.15) is 69.3 Å². The lowest BCUT2D eigenvalue weighted by Gasteiger charge is -2.30. The summed E-state index contributed by atoms with van der Waals surface area (Å²) in [6.07, 6.45) is 1.30. The number of rotatable bonds is 21. The van der Waals surface area contributed by atoms with Gasteiger partial charge in [-0.3, -0.25) is 53.5 Å². The van der Waals surface area contributed by atoms with Crippen LogP contribution in [-0.2, 0) is 39.9 Å². The first-order valence-electron chi connectivity index (χ1n) is 20.1. The van der Waals surface area contributed by atoms with Gasteiger partial charge in [0.05, 0.1) is 24.3 Å². The third-order valence-corrected chi connectivity index (χ3v) is 11.2. The summed E-state index contributed by atoms with van der Waals surface area (Å²) in [6.45, 7) is 1.22. The highest BCUT2D eigenvalue weighted by Gasteiger charge is 2.45. The van der Waals surface area contributed by atoms with Crippen LogP contribution in [0, 0.1) is 0 Å². The molecule has 1 aromatic heterocycles. The lowest BCUT2D eigenvalue weighted by Crippen LogP contribution is -2.54. The quantitative estimate of drug-likeness (QED) is 0.0458. The summed E-state index contributed by atoms with van der Waals surface area (Å²) in [5, 5.41) is 15.6. The molecule has 1 saturated heterocycles. The summed E-state index contributed by atoms with van der Waals surface area (Å²) in [5.41, 5.74) is 2.70. The molecule has 6 rings (SSSR count). The Morgan fingerprint density at radius 2 is 1.63 bits per heavy atom. The third-order valence-electron chi connectivity index (χ3n) is 10.1. The van der Waals surface area contributed by atoms with Gasteiger partial charge in [0.2, 0.25) is 35.4 Å². The van der Waals surface area contributed by atoms with Crippen LogP contribution in [0.3, 0.4) is 0 Å². The number of imide groups is 2. The number of nitrogens with zero attached hydrogens (tertiary/aromatic N) is 2. The second kappa shape index (κ2) is 21.9. The van der Waals surface area contributed by atoms with E-state index in [0.29, 0.717) is 41.3 Å². The molecule has 8 amide bonds. The molecule has 2 aliphatic heterocycles. The van der Waals surface area contributed by atoms with Crippen LogP contribution in [0.15, 0.2) is 90.3 Å². The molecule has 0 aliphatic carbocycles. The first-order chi connectivity index (χ1) is 30.0. The maximum Gasteiger partial charge on any atom is 0.264 e. The van der Waals surface area contributed by atoms with Crippen molar-refractivity contribution in [3.05, 3.63) is 112 Å². The molecular weight excluding hydrogens is 838 g/mol. The number of alkyl halides is 1. The molecule has 1 fully saturated rings. The van der Waals surface area contributed by atoms with Gasteiger partial charge in [0, 0.05) is 60.8 Å². The Hall–Kier alpha value is -6.43. The molecule has 4 aromatic rings. The average Bonchev–Trinajstić information content (AvgIpc) is 3.89. The van der Waals surface area contributed by atoms with Crippen molar-refractivity contribution in [1.82, 2.24) is 20.9 Å². The fraction of sp³-hybridized carbons (Fsp3) is 0.318. The molecule has 324 valence electrons. The second-order valence-electron chi connectivity index (χ2n) is 14.4. The molecule has 2 atom stereocenters. The van der Waals surface area contributed by atoms with E-state index in [-0.39, 0.29) is 86.7 Å². The highest BCUT2D eigenvalue weighted by Crippen LogP contribution is 2.33. The molecule has 2 aliphatic rings. The lowest BCUT2D eigenvalue weighted by molar-refractivity contribution is -0.136. The Morgan fingerprint density at radius 1 is 0.839 bits per heavy atom. The van der Waals surface area contributed by atoms with Crippen molar-refractivity contribution in [3.63, 3.8) is 0 Å². The number of piperidine rings is 1. The number of nitrogens with one attached hydrogen (secondary N) is 5. The van der Waals surface area contributed by atoms with Crippen molar-refractivity contribution in [3.8, 4) is 0 Å². The Morgan fingerprint density at radius 3 is 2.35 bits per heavy atom. The second-order valence-corrected chi connectivity index (χ2v) is 15.6. The van der Waals surface area contributed by atoms with Gasteiger partial charge in [0.15, 0.2) is 0 Å². The van der Waals surface area contributed by atoms with E-state index >= 15 is 0 Å². The smallest absolute Gasteiger partial charge is 0.264 e. The normalized spacial score (nSPS) is 15.0. The maximum atomic E-state index is 13.6. The summed E-state index contributed by atoms with van der Waals surface area (Å²) in [5.74, 6) is -4.03. The zero-order chi connectivity index (χ0) is 44.0. The van der Waals surface area contributed by atoms with Crippen molar-refractivity contribution in [2.75, 3.05) is 54.3 Å². The number of carbonyl (C=O) groups excluding carboxylic acids is 8. The Kier molecular flexibility index (Phi) is 15.9. The molecule has 2 unspecified atom stereocenters. The largest absolute Gasteiger partial charge is 0.382 e. The molecule has 0 bridgehead atoms. The van der Waals surface area contributed by atoms with Gasteiger partial charge in [-0.1, -0.05) is 42.5 Å². The monoisotopic (exact) mass is 883 g/mol. The van der Waals surface area contributed by atoms with Gasteiger partial charge in [-0.2, -0.15) is 0 Å². The van der Waals surface area contributed by atoms with Crippen molar-refractivity contribution >= 4 is 87.3 Å². The van der Waals surface area contributed by atoms with E-state index in [1.54, 1.807) is 42.5 Å². The van der Waals surface area contributed by atoms with Gasteiger partial charge in [0.1, 0.15) is 18.0 Å². The number of thiophene rings is 1. The number of hydrogen-bond acceptors (Lipinski definition) is 11. The lowest BCUT2D eigenvalue weighted by atomic mass is 10.0. The van der Waals surface area contributed by atoms with Gasteiger partial charge >= 0.3 is 0 Å². The molecule has 16 nitrogen and oxygen atoms in total. The molecule has 0 radical (unpaired) electrons. The minimum Gasteiger partial charge on any atom is -0.382 e. The fourth-order valence-electron chi connectivity index (χ4n) is 7.07. The summed E-state index contributed by atoms with van der Waals surface area (Å²) in [6, 6.07) is 22.7. The number of hydrogen-bond donors (Lipinski definition) is 5. The summed E-state index contributed by atoms with van der Waals surface area (Å²) >= 11 is 7.39. The van der Waals surface area contributed by atoms with Gasteiger partial charge in [-0.05, 0) is 72.7 Å². The Balaban J connectivity index is 0.892. The SMILES string of the molecule is O=C(CCOCCNc1cccc2c1C(=O)N(C1CCC(=O)NC1=O)C2=O)NCCCC(=O)Nc1ccc(N(C(=O)CCl)C(C(=O)NCCc2ccccc2)c2cccs2)cc1. The molecule has 18 heteroatoms. The van der Waals surface area contributed by atoms with Crippen LogP contribution in [0.2, 0.25) is 0 Å². The van der Waals surface area contributed by atoms with Gasteiger partial charge < -0.3 is 26.0 Å². The Bertz CT molecular complexity index is 2280. The van der Waals surface area contributed by atoms with Crippen LogP contribution in [-0.4, -0.2) is 96.9 Å². The highest BCUT2D eigenvalue weighted by atomic mass is 35.5. The molecular formula is C44H46ClN7O9S. The number of carbonyl (C=O) groups is 8. The van der Waals surface area contributed by atoms with E-state index in [1.165, 1.54) is 22.3 Å². The molecule has 62 heavy (non-hydrogen) atoms. The number of fused-ring (bicyclic) bond motifs is 1. The minimum absolute atomic E-state index is 0.0272. The summed E-state index contributed by atoms with van der Waals surface area (Å²) in [7, 11) is 0. The van der Waals surface area contributed by atoms with Crippen molar-refractivity contribution in [2.24, 2.45) is 0 Å². The summed E-state index contributed by atoms with van der Waals surface area (Å²) < 4.78 is 5.58. The summed E-state index contributed by atoms with van der Waals surface area (Å²) in [4.78, 5) is 105. The predicted octanol–water partition coefficient (Wildman–Crippen LogP) is 4.18. The fourth-order valence-corrected chi connectivity index (χ4v) is 8.02. The predicted molar refractivity (Wildman–Crippen MR) is 233 cm³/mol. The zero-order valence-electron chi connectivity index (χ0n) is 33.7. The molecule has 0 saturated carbocycles. The Labute approximate surface area is 366 Å². The van der Waals surface area contributed by atoms with Gasteiger partial charge in [-0.15, -0.1) is 22.9 Å². The molecule has 0 spiro atoms. The van der Waals surface area contributed by atoms with E-state index in [2.05, 4.69) is 26.6 Å². The number of amides is 8. The first kappa shape index (κ1) is 45.1. The van der Waals surface area contributed by atoms with Crippen LogP contribution < -0.4 is 31.5 Å². The van der Waals surface area contributed by atoms with E-state index in [9.17, 15) is 38.4 Å². The molecule has 5 N–H and O–H groups in total. The minimum atomic E-state index is -1.06. The van der Waals surface area contributed by atoms with Gasteiger partial charge in [0.25, 0.3) is 11.8 Å². The van der Waals surface area contributed by atoms with E-state index in [4.69, 9.17) is 16.3 Å². The van der Waals surface area contributed by atoms with Crippen molar-refractivity contribution in [2.45, 2.75) is 50.6 Å². The van der Waals surface area contributed by atoms with Crippen LogP contribution >= 0.6 is 22.9 Å². The van der Waals surface area contributed by atoms with Crippen molar-refractivity contribution < 1.29 is 43.1 Å². The van der Waals surface area contributed by atoms with E-state index < -0.39 is 41.6 Å². The number of anilines is 3.